The zero-order valence-corrected chi connectivity index (χ0v) is 14.0. The average Bonchev–Trinajstić information content (AvgIpc) is 2.89. The molecule has 8 heteroatoms. The van der Waals surface area contributed by atoms with Gasteiger partial charge in [0.25, 0.3) is 5.91 Å². The first kappa shape index (κ1) is 17.2. The highest BCUT2D eigenvalue weighted by Gasteiger charge is 2.18. The van der Waals surface area contributed by atoms with Crippen molar-refractivity contribution < 1.29 is 24.6 Å². The molecule has 2 heterocycles. The second kappa shape index (κ2) is 6.32. The van der Waals surface area contributed by atoms with Gasteiger partial charge in [-0.25, -0.2) is 14.6 Å². The van der Waals surface area contributed by atoms with E-state index in [0.29, 0.717) is 17.0 Å². The fourth-order valence-electron chi connectivity index (χ4n) is 2.68. The number of imidazole rings is 1. The lowest BCUT2D eigenvalue weighted by atomic mass is 10.1. The number of aryl methyl sites for hydroxylation is 2. The minimum atomic E-state index is -1.29. The van der Waals surface area contributed by atoms with Gasteiger partial charge < -0.3 is 15.5 Å². The van der Waals surface area contributed by atoms with Gasteiger partial charge in [-0.05, 0) is 43.7 Å². The van der Waals surface area contributed by atoms with Crippen molar-refractivity contribution in [2.75, 3.05) is 5.32 Å². The quantitative estimate of drug-likeness (QED) is 0.663. The first-order valence-corrected chi connectivity index (χ1v) is 7.64. The molecule has 1 amide bonds. The van der Waals surface area contributed by atoms with Gasteiger partial charge >= 0.3 is 11.9 Å². The Morgan fingerprint density at radius 1 is 1.00 bits per heavy atom. The normalized spacial score (nSPS) is 10.7. The van der Waals surface area contributed by atoms with Crippen molar-refractivity contribution in [1.82, 2.24) is 9.38 Å². The summed E-state index contributed by atoms with van der Waals surface area (Å²) in [6, 6.07) is 7.10. The Hall–Kier alpha value is -3.68. The molecular formula is C18H15N3O5. The van der Waals surface area contributed by atoms with E-state index in [4.69, 9.17) is 10.2 Å². The van der Waals surface area contributed by atoms with Crippen LogP contribution in [0.25, 0.3) is 5.65 Å². The summed E-state index contributed by atoms with van der Waals surface area (Å²) in [7, 11) is 0. The molecule has 3 rings (SSSR count). The molecule has 3 aromatic rings. The van der Waals surface area contributed by atoms with Crippen LogP contribution in [0, 0.1) is 13.8 Å². The number of hydrogen-bond acceptors (Lipinski definition) is 4. The van der Waals surface area contributed by atoms with Gasteiger partial charge in [0.1, 0.15) is 11.3 Å². The molecule has 1 aromatic carbocycles. The van der Waals surface area contributed by atoms with Crippen LogP contribution in [-0.4, -0.2) is 37.4 Å². The van der Waals surface area contributed by atoms with E-state index in [1.165, 1.54) is 12.1 Å². The predicted octanol–water partition coefficient (Wildman–Crippen LogP) is 2.60. The zero-order chi connectivity index (χ0) is 19.0. The fraction of sp³-hybridized carbons (Fsp3) is 0.111. The first-order chi connectivity index (χ1) is 12.3. The van der Waals surface area contributed by atoms with Crippen LogP contribution in [0.4, 0.5) is 5.69 Å². The lowest BCUT2D eigenvalue weighted by Gasteiger charge is -2.09. The molecule has 2 aromatic heterocycles. The second-order valence-corrected chi connectivity index (χ2v) is 5.84. The van der Waals surface area contributed by atoms with Crippen molar-refractivity contribution in [3.63, 3.8) is 0 Å². The molecule has 0 saturated heterocycles. The molecule has 0 aliphatic rings. The summed E-state index contributed by atoms with van der Waals surface area (Å²) >= 11 is 0. The van der Waals surface area contributed by atoms with Gasteiger partial charge in [-0.15, -0.1) is 0 Å². The van der Waals surface area contributed by atoms with Crippen LogP contribution in [0.2, 0.25) is 0 Å². The number of carboxylic acid groups (broad SMARTS) is 2. The molecule has 8 nitrogen and oxygen atoms in total. The third-order valence-corrected chi connectivity index (χ3v) is 3.84. The van der Waals surface area contributed by atoms with Crippen molar-refractivity contribution >= 4 is 29.2 Å². The Labute approximate surface area is 147 Å². The van der Waals surface area contributed by atoms with Gasteiger partial charge in [-0.1, -0.05) is 6.07 Å². The van der Waals surface area contributed by atoms with Crippen molar-refractivity contribution in [2.24, 2.45) is 0 Å². The smallest absolute Gasteiger partial charge is 0.335 e. The summed E-state index contributed by atoms with van der Waals surface area (Å²) in [5, 5.41) is 20.8. The Balaban J connectivity index is 2.03. The van der Waals surface area contributed by atoms with Gasteiger partial charge in [-0.2, -0.15) is 0 Å². The minimum absolute atomic E-state index is 0.0781. The molecule has 0 aliphatic heterocycles. The highest BCUT2D eigenvalue weighted by Crippen LogP contribution is 2.19. The van der Waals surface area contributed by atoms with E-state index >= 15 is 0 Å². The third-order valence-electron chi connectivity index (χ3n) is 3.84. The largest absolute Gasteiger partial charge is 0.478 e. The maximum atomic E-state index is 12.7. The highest BCUT2D eigenvalue weighted by molar-refractivity contribution is 6.06. The Morgan fingerprint density at radius 3 is 2.19 bits per heavy atom. The van der Waals surface area contributed by atoms with E-state index in [2.05, 4.69) is 10.3 Å². The molecule has 0 aliphatic carbocycles. The molecule has 0 spiro atoms. The van der Waals surface area contributed by atoms with Crippen LogP contribution >= 0.6 is 0 Å². The molecule has 0 unspecified atom stereocenters. The average molecular weight is 353 g/mol. The van der Waals surface area contributed by atoms with Crippen LogP contribution < -0.4 is 5.32 Å². The number of nitrogens with zero attached hydrogens (tertiary/aromatic N) is 2. The van der Waals surface area contributed by atoms with Crippen LogP contribution in [0.15, 0.2) is 36.5 Å². The highest BCUT2D eigenvalue weighted by atomic mass is 16.4. The maximum Gasteiger partial charge on any atom is 0.335 e. The number of pyridine rings is 1. The van der Waals surface area contributed by atoms with Gasteiger partial charge in [0.15, 0.2) is 0 Å². The van der Waals surface area contributed by atoms with E-state index in [-0.39, 0.29) is 16.8 Å². The number of nitrogens with one attached hydrogen (secondary N) is 1. The minimum Gasteiger partial charge on any atom is -0.478 e. The summed E-state index contributed by atoms with van der Waals surface area (Å²) in [6.45, 7) is 3.57. The molecule has 0 atom stereocenters. The van der Waals surface area contributed by atoms with E-state index in [1.54, 1.807) is 23.6 Å². The number of carboxylic acids is 2. The number of carbonyl (C=O) groups is 3. The number of aromatic carboxylic acids is 2. The number of fused-ring (bicyclic) bond motifs is 1. The van der Waals surface area contributed by atoms with Gasteiger partial charge in [0.2, 0.25) is 0 Å². The van der Waals surface area contributed by atoms with E-state index in [0.717, 1.165) is 11.6 Å². The third kappa shape index (κ3) is 3.12. The number of carbonyl (C=O) groups excluding carboxylic acids is 1. The van der Waals surface area contributed by atoms with Gasteiger partial charge in [-0.3, -0.25) is 9.20 Å². The van der Waals surface area contributed by atoms with E-state index in [9.17, 15) is 14.4 Å². The molecular weight excluding hydrogens is 338 g/mol. The summed E-state index contributed by atoms with van der Waals surface area (Å²) in [5.41, 5.74) is 1.95. The lowest BCUT2D eigenvalue weighted by molar-refractivity contribution is 0.0696. The second-order valence-electron chi connectivity index (χ2n) is 5.84. The summed E-state index contributed by atoms with van der Waals surface area (Å²) < 4.78 is 1.64. The maximum absolute atomic E-state index is 12.7. The lowest BCUT2D eigenvalue weighted by Crippen LogP contribution is -2.16. The number of anilines is 1. The van der Waals surface area contributed by atoms with Crippen LogP contribution in [0.3, 0.4) is 0 Å². The number of hydrogen-bond donors (Lipinski definition) is 3. The van der Waals surface area contributed by atoms with Crippen molar-refractivity contribution in [3.8, 4) is 0 Å². The van der Waals surface area contributed by atoms with Crippen LogP contribution in [-0.2, 0) is 0 Å². The number of benzene rings is 1. The van der Waals surface area contributed by atoms with Crippen molar-refractivity contribution in [3.05, 3.63) is 64.6 Å². The molecule has 132 valence electrons. The van der Waals surface area contributed by atoms with Gasteiger partial charge in [0, 0.05) is 11.9 Å². The molecule has 26 heavy (non-hydrogen) atoms. The van der Waals surface area contributed by atoms with Crippen molar-refractivity contribution in [2.45, 2.75) is 13.8 Å². The molecule has 0 radical (unpaired) electrons. The standard InChI is InChI=1S/C18H15N3O5/c1-9-3-4-14-19-10(2)15(21(14)8-9)16(22)20-13-6-11(17(23)24)5-12(7-13)18(25)26/h3-8H,1-2H3,(H,20,22)(H,23,24)(H,25,26). The summed E-state index contributed by atoms with van der Waals surface area (Å²) in [6.07, 6.45) is 1.76. The SMILES string of the molecule is Cc1ccc2nc(C)c(C(=O)Nc3cc(C(=O)O)cc(C(=O)O)c3)n2c1. The Morgan fingerprint density at radius 2 is 1.62 bits per heavy atom. The molecule has 0 bridgehead atoms. The molecule has 0 saturated carbocycles. The zero-order valence-electron chi connectivity index (χ0n) is 14.0. The predicted molar refractivity (Wildman–Crippen MR) is 93.0 cm³/mol. The fourth-order valence-corrected chi connectivity index (χ4v) is 2.68. The number of aromatic nitrogens is 2. The molecule has 0 fully saturated rings. The van der Waals surface area contributed by atoms with E-state index in [1.807, 2.05) is 13.0 Å². The van der Waals surface area contributed by atoms with E-state index < -0.39 is 17.8 Å². The molecule has 3 N–H and O–H groups in total. The Kier molecular flexibility index (Phi) is 4.17. The summed E-state index contributed by atoms with van der Waals surface area (Å²) in [5.74, 6) is -3.09. The topological polar surface area (TPSA) is 121 Å². The number of amides is 1. The van der Waals surface area contributed by atoms with Gasteiger partial charge in [0.05, 0.1) is 16.8 Å². The summed E-state index contributed by atoms with van der Waals surface area (Å²) in [4.78, 5) is 39.4. The van der Waals surface area contributed by atoms with Crippen LogP contribution in [0.1, 0.15) is 42.5 Å². The number of rotatable bonds is 4. The van der Waals surface area contributed by atoms with Crippen LogP contribution in [0.5, 0.6) is 0 Å². The van der Waals surface area contributed by atoms with Crippen molar-refractivity contribution in [1.29, 1.82) is 0 Å². The first-order valence-electron chi connectivity index (χ1n) is 7.64. The Bertz CT molecular complexity index is 1040. The monoisotopic (exact) mass is 353 g/mol.